The first-order valence-corrected chi connectivity index (χ1v) is 6.41. The highest BCUT2D eigenvalue weighted by molar-refractivity contribution is 9.10. The van der Waals surface area contributed by atoms with E-state index in [0.717, 1.165) is 7.11 Å². The third kappa shape index (κ3) is 4.07. The molecule has 1 aromatic rings. The SMILES string of the molecule is COC(=O)NS(=O)(=O)Nc1ncc(N)cc1Br. The third-order valence-electron chi connectivity index (χ3n) is 1.50. The van der Waals surface area contributed by atoms with Crippen molar-refractivity contribution in [3.8, 4) is 0 Å². The van der Waals surface area contributed by atoms with E-state index in [9.17, 15) is 13.2 Å². The molecule has 0 aromatic carbocycles. The lowest BCUT2D eigenvalue weighted by Gasteiger charge is -2.09. The van der Waals surface area contributed by atoms with Crippen molar-refractivity contribution in [2.45, 2.75) is 0 Å². The molecule has 17 heavy (non-hydrogen) atoms. The van der Waals surface area contributed by atoms with E-state index in [4.69, 9.17) is 5.73 Å². The van der Waals surface area contributed by atoms with Crippen molar-refractivity contribution in [2.75, 3.05) is 17.6 Å². The van der Waals surface area contributed by atoms with Gasteiger partial charge in [-0.1, -0.05) is 0 Å². The molecule has 8 nitrogen and oxygen atoms in total. The molecule has 0 unspecified atom stereocenters. The van der Waals surface area contributed by atoms with Gasteiger partial charge in [0.25, 0.3) is 0 Å². The van der Waals surface area contributed by atoms with Crippen LogP contribution in [-0.4, -0.2) is 26.6 Å². The molecule has 1 rings (SSSR count). The lowest BCUT2D eigenvalue weighted by molar-refractivity contribution is 0.177. The summed E-state index contributed by atoms with van der Waals surface area (Å²) in [5.41, 5.74) is 5.80. The Morgan fingerprint density at radius 3 is 2.76 bits per heavy atom. The Morgan fingerprint density at radius 1 is 1.59 bits per heavy atom. The number of halogens is 1. The molecule has 1 heterocycles. The molecule has 4 N–H and O–H groups in total. The molecule has 0 aliphatic rings. The fourth-order valence-electron chi connectivity index (χ4n) is 0.832. The Kier molecular flexibility index (Phi) is 4.12. The summed E-state index contributed by atoms with van der Waals surface area (Å²) in [4.78, 5) is 14.5. The molecular formula is C7H9BrN4O4S. The van der Waals surface area contributed by atoms with Gasteiger partial charge in [-0.25, -0.2) is 19.2 Å². The first-order valence-electron chi connectivity index (χ1n) is 4.13. The van der Waals surface area contributed by atoms with Crippen LogP contribution in [-0.2, 0) is 14.9 Å². The molecular weight excluding hydrogens is 316 g/mol. The highest BCUT2D eigenvalue weighted by Gasteiger charge is 2.16. The second kappa shape index (κ2) is 5.19. The van der Waals surface area contributed by atoms with Gasteiger partial charge in [0.2, 0.25) is 0 Å². The zero-order chi connectivity index (χ0) is 13.1. The van der Waals surface area contributed by atoms with E-state index in [1.54, 1.807) is 4.72 Å². The van der Waals surface area contributed by atoms with Gasteiger partial charge >= 0.3 is 16.3 Å². The molecule has 0 bridgehead atoms. The van der Waals surface area contributed by atoms with Crippen LogP contribution >= 0.6 is 15.9 Å². The van der Waals surface area contributed by atoms with Crippen LogP contribution in [0.1, 0.15) is 0 Å². The largest absolute Gasteiger partial charge is 0.452 e. The van der Waals surface area contributed by atoms with Crippen molar-refractivity contribution >= 4 is 43.7 Å². The average Bonchev–Trinajstić information content (AvgIpc) is 2.21. The van der Waals surface area contributed by atoms with Crippen LogP contribution in [0.5, 0.6) is 0 Å². The molecule has 0 aliphatic carbocycles. The zero-order valence-electron chi connectivity index (χ0n) is 8.60. The second-order valence-electron chi connectivity index (χ2n) is 2.80. The quantitative estimate of drug-likeness (QED) is 0.741. The Bertz CT molecular complexity index is 533. The van der Waals surface area contributed by atoms with Gasteiger partial charge in [-0.15, -0.1) is 0 Å². The van der Waals surface area contributed by atoms with Crippen molar-refractivity contribution in [2.24, 2.45) is 0 Å². The van der Waals surface area contributed by atoms with Crippen LogP contribution in [0.3, 0.4) is 0 Å². The van der Waals surface area contributed by atoms with Gasteiger partial charge in [0.05, 0.1) is 23.5 Å². The van der Waals surface area contributed by atoms with Crippen molar-refractivity contribution < 1.29 is 17.9 Å². The minimum absolute atomic E-state index is 0.00407. The molecule has 0 spiro atoms. The summed E-state index contributed by atoms with van der Waals surface area (Å²) >= 11 is 3.07. The highest BCUT2D eigenvalue weighted by Crippen LogP contribution is 2.22. The number of ether oxygens (including phenoxy) is 1. The highest BCUT2D eigenvalue weighted by atomic mass is 79.9. The summed E-state index contributed by atoms with van der Waals surface area (Å²) in [5, 5.41) is 0. The number of nitrogens with one attached hydrogen (secondary N) is 2. The summed E-state index contributed by atoms with van der Waals surface area (Å²) in [6, 6.07) is 1.46. The summed E-state index contributed by atoms with van der Waals surface area (Å²) in [7, 11) is -3.05. The van der Waals surface area contributed by atoms with Crippen molar-refractivity contribution in [3.05, 3.63) is 16.7 Å². The predicted molar refractivity (Wildman–Crippen MR) is 64.4 cm³/mol. The summed E-state index contributed by atoms with van der Waals surface area (Å²) < 4.78 is 30.9. The fraction of sp³-hybridized carbons (Fsp3) is 0.143. The predicted octanol–water partition coefficient (Wildman–Crippen LogP) is 0.439. The summed E-state index contributed by atoms with van der Waals surface area (Å²) in [5.74, 6) is -0.00407. The molecule has 0 saturated carbocycles. The number of carbonyl (C=O) groups is 1. The first-order chi connectivity index (χ1) is 7.84. The number of nitrogens with zero attached hydrogens (tertiary/aromatic N) is 1. The van der Waals surface area contributed by atoms with E-state index in [-0.39, 0.29) is 5.82 Å². The molecule has 0 aliphatic heterocycles. The van der Waals surface area contributed by atoms with E-state index < -0.39 is 16.3 Å². The smallest absolute Gasteiger partial charge is 0.422 e. The standard InChI is InChI=1S/C7H9BrN4O4S/c1-16-7(13)12-17(14,15)11-6-5(8)2-4(9)3-10-6/h2-3H,9H2,1H3,(H,10,11)(H,12,13). The van der Waals surface area contributed by atoms with Gasteiger partial charge in [-0.05, 0) is 22.0 Å². The number of hydrogen-bond donors (Lipinski definition) is 3. The van der Waals surface area contributed by atoms with Gasteiger partial charge < -0.3 is 10.5 Å². The normalized spacial score (nSPS) is 10.7. The maximum atomic E-state index is 11.4. The molecule has 10 heteroatoms. The third-order valence-corrected chi connectivity index (χ3v) is 3.00. The van der Waals surface area contributed by atoms with Crippen LogP contribution in [0, 0.1) is 0 Å². The minimum Gasteiger partial charge on any atom is -0.452 e. The zero-order valence-corrected chi connectivity index (χ0v) is 11.0. The Labute approximate surface area is 106 Å². The fourth-order valence-corrected chi connectivity index (χ4v) is 2.20. The maximum Gasteiger partial charge on any atom is 0.422 e. The number of nitrogens with two attached hydrogens (primary N) is 1. The van der Waals surface area contributed by atoms with Gasteiger partial charge in [0, 0.05) is 0 Å². The van der Waals surface area contributed by atoms with Gasteiger partial charge in [0.15, 0.2) is 5.82 Å². The molecule has 94 valence electrons. The molecule has 1 amide bonds. The summed E-state index contributed by atoms with van der Waals surface area (Å²) in [6.45, 7) is 0. The van der Waals surface area contributed by atoms with Crippen LogP contribution in [0.2, 0.25) is 0 Å². The topological polar surface area (TPSA) is 123 Å². The monoisotopic (exact) mass is 324 g/mol. The van der Waals surface area contributed by atoms with Crippen LogP contribution < -0.4 is 15.2 Å². The number of nitrogen functional groups attached to an aromatic ring is 1. The molecule has 0 atom stereocenters. The van der Waals surface area contributed by atoms with Gasteiger partial charge in [0.1, 0.15) is 0 Å². The molecule has 0 saturated heterocycles. The Hall–Kier alpha value is -1.55. The maximum absolute atomic E-state index is 11.4. The number of hydrogen-bond acceptors (Lipinski definition) is 6. The van der Waals surface area contributed by atoms with Crippen LogP contribution in [0.25, 0.3) is 0 Å². The van der Waals surface area contributed by atoms with Crippen molar-refractivity contribution in [3.63, 3.8) is 0 Å². The second-order valence-corrected chi connectivity index (χ2v) is 5.07. The lowest BCUT2D eigenvalue weighted by atomic mass is 10.4. The van der Waals surface area contributed by atoms with E-state index in [1.807, 2.05) is 4.72 Å². The number of carbonyl (C=O) groups excluding carboxylic acids is 1. The van der Waals surface area contributed by atoms with E-state index in [1.165, 1.54) is 12.3 Å². The average molecular weight is 325 g/mol. The number of amides is 1. The number of aromatic nitrogens is 1. The van der Waals surface area contributed by atoms with Gasteiger partial charge in [-0.3, -0.25) is 0 Å². The van der Waals surface area contributed by atoms with Gasteiger partial charge in [-0.2, -0.15) is 8.42 Å². The number of methoxy groups -OCH3 is 1. The van der Waals surface area contributed by atoms with Crippen LogP contribution in [0.15, 0.2) is 16.7 Å². The molecule has 1 aromatic heterocycles. The Morgan fingerprint density at radius 2 is 2.24 bits per heavy atom. The number of pyridine rings is 1. The summed E-state index contributed by atoms with van der Waals surface area (Å²) in [6.07, 6.45) is 0.157. The van der Waals surface area contributed by atoms with E-state index >= 15 is 0 Å². The van der Waals surface area contributed by atoms with Crippen molar-refractivity contribution in [1.29, 1.82) is 0 Å². The minimum atomic E-state index is -4.09. The molecule has 0 fully saturated rings. The number of rotatable bonds is 3. The van der Waals surface area contributed by atoms with E-state index in [2.05, 4.69) is 25.7 Å². The van der Waals surface area contributed by atoms with Crippen molar-refractivity contribution in [1.82, 2.24) is 9.71 Å². The Balaban J connectivity index is 2.87. The lowest BCUT2D eigenvalue weighted by Crippen LogP contribution is -2.35. The first kappa shape index (κ1) is 13.5. The van der Waals surface area contributed by atoms with E-state index in [0.29, 0.717) is 10.2 Å². The van der Waals surface area contributed by atoms with Crippen LogP contribution in [0.4, 0.5) is 16.3 Å². The molecule has 0 radical (unpaired) electrons. The number of anilines is 2.